The molecule has 1 heterocycles. The van der Waals surface area contributed by atoms with Gasteiger partial charge in [0, 0.05) is 6.42 Å². The predicted octanol–water partition coefficient (Wildman–Crippen LogP) is 1.54. The van der Waals surface area contributed by atoms with Crippen molar-refractivity contribution < 1.29 is 14.3 Å². The molecule has 114 valence electrons. The molecule has 1 aromatic carbocycles. The maximum Gasteiger partial charge on any atom is 0.437 e. The molecule has 0 saturated heterocycles. The van der Waals surface area contributed by atoms with Crippen LogP contribution < -0.4 is 10.5 Å². The van der Waals surface area contributed by atoms with Crippen LogP contribution in [-0.4, -0.2) is 27.6 Å². The molecule has 0 aliphatic heterocycles. The van der Waals surface area contributed by atoms with E-state index in [2.05, 4.69) is 5.10 Å². The van der Waals surface area contributed by atoms with Crippen LogP contribution in [0.25, 0.3) is 0 Å². The summed E-state index contributed by atoms with van der Waals surface area (Å²) in [5.41, 5.74) is 1.14. The van der Waals surface area contributed by atoms with Gasteiger partial charge in [-0.2, -0.15) is 4.68 Å². The minimum Gasteiger partial charge on any atom is -0.491 e. The van der Waals surface area contributed by atoms with E-state index in [-0.39, 0.29) is 13.2 Å². The molecule has 0 fully saturated rings. The molecule has 0 spiro atoms. The number of aliphatic hydroxyl groups excluding tert-OH is 1. The highest BCUT2D eigenvalue weighted by Crippen LogP contribution is 2.11. The Morgan fingerprint density at radius 3 is 2.76 bits per heavy atom. The Morgan fingerprint density at radius 1 is 1.38 bits per heavy atom. The fourth-order valence-electron chi connectivity index (χ4n) is 1.86. The van der Waals surface area contributed by atoms with E-state index in [9.17, 15) is 9.90 Å². The normalized spacial score (nSPS) is 12.3. The third-order valence-corrected chi connectivity index (χ3v) is 2.96. The summed E-state index contributed by atoms with van der Waals surface area (Å²) in [7, 11) is 0. The first-order chi connectivity index (χ1) is 10.1. The summed E-state index contributed by atoms with van der Waals surface area (Å²) >= 11 is 0. The van der Waals surface area contributed by atoms with E-state index in [0.29, 0.717) is 18.1 Å². The molecule has 0 radical (unpaired) electrons. The molecule has 1 aromatic heterocycles. The van der Waals surface area contributed by atoms with Crippen LogP contribution in [0.3, 0.4) is 0 Å². The molecular formula is C15H20N2O4. The molecule has 0 bridgehead atoms. The Labute approximate surface area is 123 Å². The van der Waals surface area contributed by atoms with Crippen molar-refractivity contribution in [2.45, 2.75) is 39.3 Å². The van der Waals surface area contributed by atoms with Gasteiger partial charge in [0.05, 0.1) is 6.54 Å². The zero-order valence-corrected chi connectivity index (χ0v) is 12.3. The quantitative estimate of drug-likeness (QED) is 0.837. The first-order valence-corrected chi connectivity index (χ1v) is 7.03. The maximum atomic E-state index is 11.5. The van der Waals surface area contributed by atoms with Crippen LogP contribution in [0.5, 0.6) is 5.75 Å². The molecule has 2 rings (SSSR count). The van der Waals surface area contributed by atoms with Gasteiger partial charge in [-0.15, -0.1) is 5.10 Å². The highest BCUT2D eigenvalue weighted by atomic mass is 16.5. The van der Waals surface area contributed by atoms with Crippen LogP contribution in [0.2, 0.25) is 0 Å². The second-order valence-electron chi connectivity index (χ2n) is 4.97. The largest absolute Gasteiger partial charge is 0.491 e. The fourth-order valence-corrected chi connectivity index (χ4v) is 1.86. The fraction of sp³-hybridized carbons (Fsp3) is 0.467. The Morgan fingerprint density at radius 2 is 2.10 bits per heavy atom. The summed E-state index contributed by atoms with van der Waals surface area (Å²) in [6.07, 6.45) is 0.626. The van der Waals surface area contributed by atoms with Gasteiger partial charge in [-0.25, -0.2) is 4.79 Å². The third-order valence-electron chi connectivity index (χ3n) is 2.96. The van der Waals surface area contributed by atoms with Crippen molar-refractivity contribution in [2.75, 3.05) is 6.61 Å². The van der Waals surface area contributed by atoms with Gasteiger partial charge in [-0.05, 0) is 25.5 Å². The third kappa shape index (κ3) is 4.46. The van der Waals surface area contributed by atoms with Gasteiger partial charge >= 0.3 is 5.76 Å². The molecule has 21 heavy (non-hydrogen) atoms. The SMILES string of the molecule is CCCc1nn(CC(O)COc2ccc(C)cc2)c(=O)o1. The minimum absolute atomic E-state index is 0.0535. The number of nitrogens with zero attached hydrogens (tertiary/aromatic N) is 2. The second kappa shape index (κ2) is 7.08. The molecule has 2 aromatic rings. The number of aromatic nitrogens is 2. The molecule has 6 nitrogen and oxygen atoms in total. The predicted molar refractivity (Wildman–Crippen MR) is 77.4 cm³/mol. The summed E-state index contributed by atoms with van der Waals surface area (Å²) in [4.78, 5) is 11.5. The maximum absolute atomic E-state index is 11.5. The standard InChI is InChI=1S/C15H20N2O4/c1-3-4-14-16-17(15(19)21-14)9-12(18)10-20-13-7-5-11(2)6-8-13/h5-8,12,18H,3-4,9-10H2,1-2H3. The van der Waals surface area contributed by atoms with Gasteiger partial charge < -0.3 is 14.3 Å². The van der Waals surface area contributed by atoms with Gasteiger partial charge in [-0.3, -0.25) is 0 Å². The van der Waals surface area contributed by atoms with E-state index in [1.807, 2.05) is 38.1 Å². The number of aryl methyl sites for hydroxylation is 2. The van der Waals surface area contributed by atoms with E-state index in [1.165, 1.54) is 0 Å². The van der Waals surface area contributed by atoms with Gasteiger partial charge in [-0.1, -0.05) is 24.6 Å². The molecule has 1 unspecified atom stereocenters. The summed E-state index contributed by atoms with van der Waals surface area (Å²) in [5.74, 6) is 0.529. The summed E-state index contributed by atoms with van der Waals surface area (Å²) in [6.45, 7) is 4.11. The summed E-state index contributed by atoms with van der Waals surface area (Å²) in [6, 6.07) is 7.54. The van der Waals surface area contributed by atoms with Crippen molar-refractivity contribution in [3.8, 4) is 5.75 Å². The molecule has 0 aliphatic rings. The van der Waals surface area contributed by atoms with Crippen LogP contribution in [0.4, 0.5) is 0 Å². The van der Waals surface area contributed by atoms with Crippen molar-refractivity contribution in [1.82, 2.24) is 9.78 Å². The van der Waals surface area contributed by atoms with Crippen LogP contribution in [-0.2, 0) is 13.0 Å². The van der Waals surface area contributed by atoms with E-state index in [1.54, 1.807) is 0 Å². The molecule has 0 aliphatic carbocycles. The van der Waals surface area contributed by atoms with Gasteiger partial charge in [0.1, 0.15) is 18.5 Å². The van der Waals surface area contributed by atoms with Crippen LogP contribution in [0, 0.1) is 6.92 Å². The average Bonchev–Trinajstić information content (AvgIpc) is 2.79. The lowest BCUT2D eigenvalue weighted by Crippen LogP contribution is -2.29. The molecule has 1 atom stereocenters. The van der Waals surface area contributed by atoms with Crippen molar-refractivity contribution in [1.29, 1.82) is 0 Å². The molecule has 0 amide bonds. The van der Waals surface area contributed by atoms with E-state index < -0.39 is 11.9 Å². The highest BCUT2D eigenvalue weighted by Gasteiger charge is 2.12. The van der Waals surface area contributed by atoms with Gasteiger partial charge in [0.2, 0.25) is 5.89 Å². The highest BCUT2D eigenvalue weighted by molar-refractivity contribution is 5.26. The van der Waals surface area contributed by atoms with Crippen molar-refractivity contribution in [2.24, 2.45) is 0 Å². The Hall–Kier alpha value is -2.08. The van der Waals surface area contributed by atoms with Crippen LogP contribution in [0.15, 0.2) is 33.5 Å². The monoisotopic (exact) mass is 292 g/mol. The smallest absolute Gasteiger partial charge is 0.437 e. The number of aliphatic hydroxyl groups is 1. The number of hydrogen-bond donors (Lipinski definition) is 1. The van der Waals surface area contributed by atoms with Crippen molar-refractivity contribution in [3.05, 3.63) is 46.3 Å². The summed E-state index contributed by atoms with van der Waals surface area (Å²) < 4.78 is 11.6. The topological polar surface area (TPSA) is 77.5 Å². The number of rotatable bonds is 7. The van der Waals surface area contributed by atoms with Gasteiger partial charge in [0.15, 0.2) is 0 Å². The van der Waals surface area contributed by atoms with Crippen LogP contribution in [0.1, 0.15) is 24.8 Å². The van der Waals surface area contributed by atoms with Crippen molar-refractivity contribution >= 4 is 0 Å². The Kier molecular flexibility index (Phi) is 5.16. The molecule has 6 heteroatoms. The van der Waals surface area contributed by atoms with Crippen LogP contribution >= 0.6 is 0 Å². The Bertz CT molecular complexity index is 615. The zero-order valence-electron chi connectivity index (χ0n) is 12.3. The lowest BCUT2D eigenvalue weighted by molar-refractivity contribution is 0.0875. The van der Waals surface area contributed by atoms with E-state index in [0.717, 1.165) is 16.7 Å². The van der Waals surface area contributed by atoms with Crippen molar-refractivity contribution in [3.63, 3.8) is 0 Å². The van der Waals surface area contributed by atoms with Gasteiger partial charge in [0.25, 0.3) is 0 Å². The molecular weight excluding hydrogens is 272 g/mol. The first-order valence-electron chi connectivity index (χ1n) is 7.03. The second-order valence-corrected chi connectivity index (χ2v) is 4.97. The summed E-state index contributed by atoms with van der Waals surface area (Å²) in [5, 5.41) is 13.9. The lowest BCUT2D eigenvalue weighted by atomic mass is 10.2. The molecule has 1 N–H and O–H groups in total. The van der Waals surface area contributed by atoms with E-state index >= 15 is 0 Å². The lowest BCUT2D eigenvalue weighted by Gasteiger charge is -2.11. The minimum atomic E-state index is -0.830. The average molecular weight is 292 g/mol. The number of hydrogen-bond acceptors (Lipinski definition) is 5. The first kappa shape index (κ1) is 15.3. The Balaban J connectivity index is 1.88. The number of ether oxygens (including phenoxy) is 1. The number of benzene rings is 1. The molecule has 0 saturated carbocycles. The zero-order chi connectivity index (χ0) is 15.2. The van der Waals surface area contributed by atoms with E-state index in [4.69, 9.17) is 9.15 Å².